The fraction of sp³-hybridized carbons (Fsp3) is 0.118. The van der Waals surface area contributed by atoms with Gasteiger partial charge in [0.1, 0.15) is 5.58 Å². The van der Waals surface area contributed by atoms with Crippen LogP contribution in [-0.2, 0) is 14.8 Å². The molecule has 0 unspecified atom stereocenters. The zero-order valence-electron chi connectivity index (χ0n) is 12.9. The van der Waals surface area contributed by atoms with Crippen LogP contribution in [0.25, 0.3) is 11.0 Å². The number of nitrogens with one attached hydrogen (secondary N) is 2. The third kappa shape index (κ3) is 3.47. The third-order valence-electron chi connectivity index (χ3n) is 3.43. The molecular formula is C17H16N2O4S. The SMILES string of the molecule is C[C@@H](NS(=O)(=O)c1cc2ccccc2o1)C(=O)Nc1ccccc1. The third-order valence-corrected chi connectivity index (χ3v) is 4.83. The van der Waals surface area contributed by atoms with Gasteiger partial charge in [0.15, 0.2) is 0 Å². The summed E-state index contributed by atoms with van der Waals surface area (Å²) in [5, 5.41) is 3.11. The predicted octanol–water partition coefficient (Wildman–Crippen LogP) is 2.74. The second-order valence-corrected chi connectivity index (χ2v) is 6.95. The highest BCUT2D eigenvalue weighted by atomic mass is 32.2. The molecule has 2 N–H and O–H groups in total. The second kappa shape index (κ2) is 6.46. The fourth-order valence-corrected chi connectivity index (χ4v) is 3.38. The average Bonchev–Trinajstić information content (AvgIpc) is 3.00. The molecule has 1 heterocycles. The van der Waals surface area contributed by atoms with Crippen molar-refractivity contribution in [1.29, 1.82) is 0 Å². The molecule has 1 aromatic heterocycles. The highest BCUT2D eigenvalue weighted by Gasteiger charge is 2.25. The summed E-state index contributed by atoms with van der Waals surface area (Å²) in [6.45, 7) is 1.47. The minimum atomic E-state index is -3.94. The first-order valence-corrected chi connectivity index (χ1v) is 8.81. The summed E-state index contributed by atoms with van der Waals surface area (Å²) in [5.74, 6) is -0.458. The Hall–Kier alpha value is -2.64. The molecule has 0 radical (unpaired) electrons. The molecule has 124 valence electrons. The lowest BCUT2D eigenvalue weighted by Crippen LogP contribution is -2.41. The van der Waals surface area contributed by atoms with Crippen molar-refractivity contribution in [3.05, 3.63) is 60.7 Å². The van der Waals surface area contributed by atoms with Crippen LogP contribution >= 0.6 is 0 Å². The Morgan fingerprint density at radius 2 is 1.71 bits per heavy atom. The minimum Gasteiger partial charge on any atom is -0.443 e. The molecular weight excluding hydrogens is 328 g/mol. The largest absolute Gasteiger partial charge is 0.443 e. The Balaban J connectivity index is 1.74. The number of furan rings is 1. The lowest BCUT2D eigenvalue weighted by molar-refractivity contribution is -0.117. The fourth-order valence-electron chi connectivity index (χ4n) is 2.21. The first-order chi connectivity index (χ1) is 11.5. The molecule has 1 amide bonds. The van der Waals surface area contributed by atoms with E-state index < -0.39 is 22.0 Å². The molecule has 0 aliphatic carbocycles. The van der Waals surface area contributed by atoms with Gasteiger partial charge in [-0.3, -0.25) is 4.79 Å². The summed E-state index contributed by atoms with van der Waals surface area (Å²) in [6, 6.07) is 16.3. The van der Waals surface area contributed by atoms with Gasteiger partial charge in [-0.2, -0.15) is 4.72 Å². The maximum Gasteiger partial charge on any atom is 0.274 e. The predicted molar refractivity (Wildman–Crippen MR) is 91.1 cm³/mol. The van der Waals surface area contributed by atoms with Gasteiger partial charge in [-0.05, 0) is 25.1 Å². The summed E-state index contributed by atoms with van der Waals surface area (Å²) in [5.41, 5.74) is 1.07. The van der Waals surface area contributed by atoms with Crippen LogP contribution in [0.5, 0.6) is 0 Å². The van der Waals surface area contributed by atoms with Gasteiger partial charge in [0.25, 0.3) is 10.0 Å². The lowest BCUT2D eigenvalue weighted by atomic mass is 10.3. The van der Waals surface area contributed by atoms with Crippen LogP contribution in [-0.4, -0.2) is 20.4 Å². The molecule has 0 saturated carbocycles. The van der Waals surface area contributed by atoms with Crippen molar-refractivity contribution < 1.29 is 17.6 Å². The number of anilines is 1. The normalized spacial score (nSPS) is 12.9. The average molecular weight is 344 g/mol. The summed E-state index contributed by atoms with van der Waals surface area (Å²) in [6.07, 6.45) is 0. The molecule has 1 atom stereocenters. The van der Waals surface area contributed by atoms with Crippen molar-refractivity contribution in [2.24, 2.45) is 0 Å². The van der Waals surface area contributed by atoms with E-state index in [1.807, 2.05) is 6.07 Å². The van der Waals surface area contributed by atoms with E-state index >= 15 is 0 Å². The van der Waals surface area contributed by atoms with Crippen molar-refractivity contribution in [3.8, 4) is 0 Å². The molecule has 0 aliphatic rings. The molecule has 0 bridgehead atoms. The Kier molecular flexibility index (Phi) is 4.37. The van der Waals surface area contributed by atoms with Gasteiger partial charge in [-0.15, -0.1) is 0 Å². The van der Waals surface area contributed by atoms with E-state index in [4.69, 9.17) is 4.42 Å². The van der Waals surface area contributed by atoms with Gasteiger partial charge < -0.3 is 9.73 Å². The van der Waals surface area contributed by atoms with Crippen LogP contribution in [0.3, 0.4) is 0 Å². The van der Waals surface area contributed by atoms with Crippen LogP contribution < -0.4 is 10.0 Å². The number of rotatable bonds is 5. The lowest BCUT2D eigenvalue weighted by Gasteiger charge is -2.13. The molecule has 0 aliphatic heterocycles. The summed E-state index contributed by atoms with van der Waals surface area (Å²) >= 11 is 0. The quantitative estimate of drug-likeness (QED) is 0.745. The number of benzene rings is 2. The Morgan fingerprint density at radius 3 is 2.42 bits per heavy atom. The number of fused-ring (bicyclic) bond motifs is 1. The van der Waals surface area contributed by atoms with Crippen molar-refractivity contribution in [2.75, 3.05) is 5.32 Å². The second-order valence-electron chi connectivity index (χ2n) is 5.30. The van der Waals surface area contributed by atoms with Crippen LogP contribution in [0.4, 0.5) is 5.69 Å². The Bertz CT molecular complexity index is 931. The molecule has 24 heavy (non-hydrogen) atoms. The van der Waals surface area contributed by atoms with Crippen molar-refractivity contribution in [2.45, 2.75) is 18.1 Å². The summed E-state index contributed by atoms with van der Waals surface area (Å²) in [4.78, 5) is 12.1. The van der Waals surface area contributed by atoms with E-state index in [0.29, 0.717) is 16.7 Å². The van der Waals surface area contributed by atoms with Gasteiger partial charge in [0.2, 0.25) is 11.0 Å². The zero-order valence-corrected chi connectivity index (χ0v) is 13.7. The van der Waals surface area contributed by atoms with Gasteiger partial charge in [0.05, 0.1) is 6.04 Å². The molecule has 3 aromatic rings. The molecule has 6 nitrogen and oxygen atoms in total. The molecule has 7 heteroatoms. The van der Waals surface area contributed by atoms with E-state index in [9.17, 15) is 13.2 Å². The van der Waals surface area contributed by atoms with Gasteiger partial charge in [0, 0.05) is 17.1 Å². The van der Waals surface area contributed by atoms with E-state index in [1.165, 1.54) is 13.0 Å². The van der Waals surface area contributed by atoms with E-state index in [1.54, 1.807) is 48.5 Å². The number of carbonyl (C=O) groups is 1. The van der Waals surface area contributed by atoms with E-state index in [0.717, 1.165) is 0 Å². The maximum absolute atomic E-state index is 12.4. The van der Waals surface area contributed by atoms with Crippen molar-refractivity contribution >= 4 is 32.6 Å². The van der Waals surface area contributed by atoms with Gasteiger partial charge in [-0.25, -0.2) is 8.42 Å². The molecule has 0 spiro atoms. The number of hydrogen-bond acceptors (Lipinski definition) is 4. The van der Waals surface area contributed by atoms with Crippen molar-refractivity contribution in [1.82, 2.24) is 4.72 Å². The number of hydrogen-bond donors (Lipinski definition) is 2. The minimum absolute atomic E-state index is 0.219. The summed E-state index contributed by atoms with van der Waals surface area (Å²) in [7, 11) is -3.94. The van der Waals surface area contributed by atoms with Crippen LogP contribution in [0.2, 0.25) is 0 Å². The molecule has 0 fully saturated rings. The topological polar surface area (TPSA) is 88.4 Å². The van der Waals surface area contributed by atoms with E-state index in [2.05, 4.69) is 10.0 Å². The Labute approximate surface area is 139 Å². The monoisotopic (exact) mass is 344 g/mol. The number of amides is 1. The molecule has 0 saturated heterocycles. The molecule has 2 aromatic carbocycles. The van der Waals surface area contributed by atoms with Gasteiger partial charge >= 0.3 is 0 Å². The van der Waals surface area contributed by atoms with Crippen LogP contribution in [0, 0.1) is 0 Å². The number of sulfonamides is 1. The Morgan fingerprint density at radius 1 is 1.04 bits per heavy atom. The van der Waals surface area contributed by atoms with Crippen LogP contribution in [0.15, 0.2) is 70.2 Å². The molecule has 3 rings (SSSR count). The van der Waals surface area contributed by atoms with Gasteiger partial charge in [-0.1, -0.05) is 36.4 Å². The smallest absolute Gasteiger partial charge is 0.274 e. The highest BCUT2D eigenvalue weighted by molar-refractivity contribution is 7.89. The summed E-state index contributed by atoms with van der Waals surface area (Å²) < 4.78 is 32.4. The number of para-hydroxylation sites is 2. The van der Waals surface area contributed by atoms with Crippen molar-refractivity contribution in [3.63, 3.8) is 0 Å². The van der Waals surface area contributed by atoms with E-state index in [-0.39, 0.29) is 5.09 Å². The van der Waals surface area contributed by atoms with Crippen LogP contribution in [0.1, 0.15) is 6.92 Å². The highest BCUT2D eigenvalue weighted by Crippen LogP contribution is 2.22. The first-order valence-electron chi connectivity index (χ1n) is 7.32. The first kappa shape index (κ1) is 16.2. The maximum atomic E-state index is 12.4. The zero-order chi connectivity index (χ0) is 17.2. The number of carbonyl (C=O) groups excluding carboxylic acids is 1. The standard InChI is InChI=1S/C17H16N2O4S/c1-12(17(20)18-14-8-3-2-4-9-14)19-24(21,22)16-11-13-7-5-6-10-15(13)23-16/h2-12,19H,1H3,(H,18,20)/t12-/m1/s1.